The molecule has 1 aliphatic rings. The summed E-state index contributed by atoms with van der Waals surface area (Å²) in [7, 11) is 0. The summed E-state index contributed by atoms with van der Waals surface area (Å²) < 4.78 is 0. The van der Waals surface area contributed by atoms with E-state index >= 15 is 0 Å². The van der Waals surface area contributed by atoms with E-state index in [1.165, 1.54) is 0 Å². The second kappa shape index (κ2) is 7.51. The number of carbonyl (C=O) groups excluding carboxylic acids is 1. The van der Waals surface area contributed by atoms with Gasteiger partial charge in [-0.1, -0.05) is 47.6 Å². The van der Waals surface area contributed by atoms with E-state index in [1.807, 2.05) is 23.1 Å². The number of thioether (sulfide) groups is 1. The summed E-state index contributed by atoms with van der Waals surface area (Å²) in [4.78, 5) is 15.3. The number of aromatic hydroxyl groups is 1. The topological polar surface area (TPSA) is 40.5 Å². The fourth-order valence-corrected chi connectivity index (χ4v) is 4.06. The number of hydrogen-bond donors (Lipinski definition) is 1. The predicted molar refractivity (Wildman–Crippen MR) is 113 cm³/mol. The standard InChI is InChI=1S/C22H31NO2S/c1-8-9-23-10-11-26-18(20(23)25)14-15-12-16(21(2,3)4)19(24)17(13-15)22(5,6)7/h8,12-14,24H,1,9-11H2,2-7H3. The van der Waals surface area contributed by atoms with E-state index in [1.54, 1.807) is 17.8 Å². The van der Waals surface area contributed by atoms with E-state index < -0.39 is 0 Å². The van der Waals surface area contributed by atoms with Crippen LogP contribution < -0.4 is 0 Å². The van der Waals surface area contributed by atoms with E-state index in [0.717, 1.165) is 33.9 Å². The van der Waals surface area contributed by atoms with Gasteiger partial charge in [-0.05, 0) is 34.6 Å². The molecule has 0 bridgehead atoms. The van der Waals surface area contributed by atoms with E-state index in [2.05, 4.69) is 48.1 Å². The highest BCUT2D eigenvalue weighted by atomic mass is 32.2. The third kappa shape index (κ3) is 4.53. The van der Waals surface area contributed by atoms with Crippen molar-refractivity contribution >= 4 is 23.7 Å². The van der Waals surface area contributed by atoms with Gasteiger partial charge in [-0.3, -0.25) is 4.79 Å². The second-order valence-electron chi connectivity index (χ2n) is 8.86. The van der Waals surface area contributed by atoms with Gasteiger partial charge in [0.2, 0.25) is 0 Å². The number of benzene rings is 1. The van der Waals surface area contributed by atoms with Crippen LogP contribution in [0.1, 0.15) is 58.2 Å². The van der Waals surface area contributed by atoms with Crippen LogP contribution in [0.15, 0.2) is 29.7 Å². The Morgan fingerprint density at radius 2 is 1.69 bits per heavy atom. The van der Waals surface area contributed by atoms with E-state index in [4.69, 9.17) is 0 Å². The summed E-state index contributed by atoms with van der Waals surface area (Å²) in [5, 5.41) is 10.8. The molecule has 0 unspecified atom stereocenters. The maximum atomic E-state index is 12.7. The third-order valence-electron chi connectivity index (χ3n) is 4.51. The normalized spacial score (nSPS) is 17.7. The van der Waals surface area contributed by atoms with Crippen LogP contribution in [0.5, 0.6) is 5.75 Å². The summed E-state index contributed by atoms with van der Waals surface area (Å²) in [6, 6.07) is 4.02. The first kappa shape index (κ1) is 20.6. The van der Waals surface area contributed by atoms with Crippen LogP contribution in [0.25, 0.3) is 6.08 Å². The lowest BCUT2D eigenvalue weighted by Gasteiger charge is -2.29. The molecule has 1 aromatic carbocycles. The molecule has 3 nitrogen and oxygen atoms in total. The number of nitrogens with zero attached hydrogens (tertiary/aromatic N) is 1. The molecule has 0 spiro atoms. The molecule has 0 aromatic heterocycles. The van der Waals surface area contributed by atoms with Crippen LogP contribution in [-0.4, -0.2) is 34.8 Å². The van der Waals surface area contributed by atoms with Crippen molar-refractivity contribution in [3.05, 3.63) is 46.4 Å². The van der Waals surface area contributed by atoms with Gasteiger partial charge >= 0.3 is 0 Å². The first-order valence-corrected chi connectivity index (χ1v) is 10.1. The number of phenols is 1. The second-order valence-corrected chi connectivity index (χ2v) is 10.00. The lowest BCUT2D eigenvalue weighted by molar-refractivity contribution is -0.125. The predicted octanol–water partition coefficient (Wildman–Crippen LogP) is 5.09. The Morgan fingerprint density at radius 1 is 1.15 bits per heavy atom. The largest absolute Gasteiger partial charge is 0.507 e. The third-order valence-corrected chi connectivity index (χ3v) is 5.50. The molecule has 1 amide bonds. The van der Waals surface area contributed by atoms with Gasteiger partial charge in [0.1, 0.15) is 5.75 Å². The van der Waals surface area contributed by atoms with Gasteiger partial charge in [0.05, 0.1) is 4.91 Å². The molecular weight excluding hydrogens is 342 g/mol. The maximum absolute atomic E-state index is 12.7. The van der Waals surface area contributed by atoms with Crippen LogP contribution in [0.3, 0.4) is 0 Å². The minimum Gasteiger partial charge on any atom is -0.507 e. The van der Waals surface area contributed by atoms with Gasteiger partial charge in [-0.2, -0.15) is 0 Å². The zero-order valence-electron chi connectivity index (χ0n) is 16.8. The Balaban J connectivity index is 2.55. The quantitative estimate of drug-likeness (QED) is 0.593. The Labute approximate surface area is 162 Å². The van der Waals surface area contributed by atoms with Crippen molar-refractivity contribution in [2.24, 2.45) is 0 Å². The number of carbonyl (C=O) groups is 1. The minimum atomic E-state index is -0.183. The van der Waals surface area contributed by atoms with Crippen molar-refractivity contribution in [3.63, 3.8) is 0 Å². The van der Waals surface area contributed by atoms with Crippen LogP contribution >= 0.6 is 11.8 Å². The first-order valence-electron chi connectivity index (χ1n) is 9.08. The van der Waals surface area contributed by atoms with Gasteiger partial charge in [-0.15, -0.1) is 18.3 Å². The zero-order chi connectivity index (χ0) is 19.7. The SMILES string of the molecule is C=CCN1CCSC(=Cc2cc(C(C)(C)C)c(O)c(C(C)(C)C)c2)C1=O. The lowest BCUT2D eigenvalue weighted by Crippen LogP contribution is -2.37. The van der Waals surface area contributed by atoms with Crippen LogP contribution in [0.2, 0.25) is 0 Å². The Morgan fingerprint density at radius 3 is 2.15 bits per heavy atom. The molecule has 142 valence electrons. The van der Waals surface area contributed by atoms with Gasteiger partial charge in [0, 0.05) is 30.0 Å². The van der Waals surface area contributed by atoms with E-state index in [-0.39, 0.29) is 16.7 Å². The van der Waals surface area contributed by atoms with Gasteiger partial charge in [0.15, 0.2) is 0 Å². The molecule has 2 rings (SSSR count). The highest BCUT2D eigenvalue weighted by molar-refractivity contribution is 8.04. The first-order chi connectivity index (χ1) is 11.9. The molecule has 0 radical (unpaired) electrons. The summed E-state index contributed by atoms with van der Waals surface area (Å²) in [5.41, 5.74) is 2.42. The zero-order valence-corrected chi connectivity index (χ0v) is 17.7. The molecule has 26 heavy (non-hydrogen) atoms. The molecular formula is C22H31NO2S. The number of hydrogen-bond acceptors (Lipinski definition) is 3. The average Bonchev–Trinajstić information content (AvgIpc) is 2.50. The summed E-state index contributed by atoms with van der Waals surface area (Å²) >= 11 is 1.60. The molecule has 1 fully saturated rings. The van der Waals surface area contributed by atoms with Crippen LogP contribution in [-0.2, 0) is 15.6 Å². The van der Waals surface area contributed by atoms with E-state index in [9.17, 15) is 9.90 Å². The van der Waals surface area contributed by atoms with Crippen LogP contribution in [0.4, 0.5) is 0 Å². The van der Waals surface area contributed by atoms with Gasteiger partial charge < -0.3 is 10.0 Å². The van der Waals surface area contributed by atoms with Crippen molar-refractivity contribution in [2.45, 2.75) is 52.4 Å². The average molecular weight is 374 g/mol. The molecule has 1 aromatic rings. The molecule has 1 N–H and O–H groups in total. The van der Waals surface area contributed by atoms with Gasteiger partial charge in [-0.25, -0.2) is 0 Å². The molecule has 0 atom stereocenters. The number of rotatable bonds is 3. The Bertz CT molecular complexity index is 700. The molecule has 0 aliphatic carbocycles. The van der Waals surface area contributed by atoms with Gasteiger partial charge in [0.25, 0.3) is 5.91 Å². The minimum absolute atomic E-state index is 0.0591. The number of phenolic OH excluding ortho intramolecular Hbond substituents is 1. The fraction of sp³-hybridized carbons (Fsp3) is 0.500. The summed E-state index contributed by atoms with van der Waals surface area (Å²) in [6.45, 7) is 17.6. The Hall–Kier alpha value is -1.68. The van der Waals surface area contributed by atoms with E-state index in [0.29, 0.717) is 12.3 Å². The smallest absolute Gasteiger partial charge is 0.260 e. The van der Waals surface area contributed by atoms with Crippen LogP contribution in [0, 0.1) is 0 Å². The van der Waals surface area contributed by atoms with Crippen molar-refractivity contribution < 1.29 is 9.90 Å². The summed E-state index contributed by atoms with van der Waals surface area (Å²) in [5.74, 6) is 1.31. The molecule has 1 saturated heterocycles. The Kier molecular flexibility index (Phi) is 5.96. The van der Waals surface area contributed by atoms with Crippen molar-refractivity contribution in [3.8, 4) is 5.75 Å². The summed E-state index contributed by atoms with van der Waals surface area (Å²) in [6.07, 6.45) is 3.73. The maximum Gasteiger partial charge on any atom is 0.260 e. The monoisotopic (exact) mass is 373 g/mol. The highest BCUT2D eigenvalue weighted by Gasteiger charge is 2.27. The highest BCUT2D eigenvalue weighted by Crippen LogP contribution is 2.40. The fourth-order valence-electron chi connectivity index (χ4n) is 3.05. The lowest BCUT2D eigenvalue weighted by atomic mass is 9.78. The van der Waals surface area contributed by atoms with Crippen molar-refractivity contribution in [2.75, 3.05) is 18.8 Å². The van der Waals surface area contributed by atoms with Crippen molar-refractivity contribution in [1.29, 1.82) is 0 Å². The molecule has 4 heteroatoms. The van der Waals surface area contributed by atoms with Crippen molar-refractivity contribution in [1.82, 2.24) is 4.90 Å². The molecule has 1 heterocycles. The molecule has 0 saturated carbocycles. The molecule has 1 aliphatic heterocycles. The number of amides is 1.